The molecule has 1 aliphatic heterocycles. The molecule has 0 saturated carbocycles. The fourth-order valence-corrected chi connectivity index (χ4v) is 2.27. The van der Waals surface area contributed by atoms with Gasteiger partial charge in [0, 0.05) is 19.8 Å². The summed E-state index contributed by atoms with van der Waals surface area (Å²) in [4.78, 5) is 4.31. The van der Waals surface area contributed by atoms with Crippen LogP contribution in [0.3, 0.4) is 0 Å². The summed E-state index contributed by atoms with van der Waals surface area (Å²) in [6.45, 7) is 9.24. The van der Waals surface area contributed by atoms with Crippen molar-refractivity contribution in [2.24, 2.45) is 10.7 Å². The van der Waals surface area contributed by atoms with E-state index in [1.54, 1.807) is 0 Å². The summed E-state index contributed by atoms with van der Waals surface area (Å²) in [6.07, 6.45) is 2.30. The van der Waals surface area contributed by atoms with Crippen LogP contribution < -0.4 is 11.1 Å². The summed E-state index contributed by atoms with van der Waals surface area (Å²) >= 11 is 0. The largest absolute Gasteiger partial charge is 0.381 e. The van der Waals surface area contributed by atoms with Gasteiger partial charge in [-0.3, -0.25) is 0 Å². The Morgan fingerprint density at radius 1 is 1.29 bits per heavy atom. The molecule has 0 aliphatic carbocycles. The average molecular weight is 445 g/mol. The van der Waals surface area contributed by atoms with Gasteiger partial charge in [0.15, 0.2) is 5.96 Å². The molecule has 1 heterocycles. The first-order valence-corrected chi connectivity index (χ1v) is 8.09. The number of benzene rings is 1. The molecule has 3 N–H and O–H groups in total. The molecule has 134 valence electrons. The first-order chi connectivity index (χ1) is 11.1. The Morgan fingerprint density at radius 2 is 1.92 bits per heavy atom. The summed E-state index contributed by atoms with van der Waals surface area (Å²) in [5, 5.41) is 3.02. The van der Waals surface area contributed by atoms with Gasteiger partial charge in [0.2, 0.25) is 0 Å². The molecule has 0 bridgehead atoms. The maximum Gasteiger partial charge on any atom is 0.189 e. The molecule has 24 heavy (non-hydrogen) atoms. The van der Waals surface area contributed by atoms with E-state index < -0.39 is 0 Å². The van der Waals surface area contributed by atoms with Crippen molar-refractivity contribution in [1.29, 1.82) is 0 Å². The molecule has 0 unspecified atom stereocenters. The van der Waals surface area contributed by atoms with Crippen LogP contribution in [0.5, 0.6) is 0 Å². The van der Waals surface area contributed by atoms with Gasteiger partial charge in [-0.25, -0.2) is 4.99 Å². The molecule has 6 heteroatoms. The van der Waals surface area contributed by atoms with Gasteiger partial charge in [-0.2, -0.15) is 0 Å². The highest BCUT2D eigenvalue weighted by Crippen LogP contribution is 2.14. The van der Waals surface area contributed by atoms with Gasteiger partial charge in [-0.15, -0.1) is 24.0 Å². The molecule has 2 rings (SSSR count). The van der Waals surface area contributed by atoms with Crippen molar-refractivity contribution in [1.82, 2.24) is 5.32 Å². The van der Waals surface area contributed by atoms with Crippen molar-refractivity contribution in [2.75, 3.05) is 19.8 Å². The molecule has 0 amide bonds. The zero-order chi connectivity index (χ0) is 16.5. The molecular weight excluding hydrogens is 417 g/mol. The Labute approximate surface area is 161 Å². The zero-order valence-electron chi connectivity index (χ0n) is 14.3. The number of halogens is 1. The van der Waals surface area contributed by atoms with Gasteiger partial charge in [0.05, 0.1) is 19.3 Å². The number of nitrogens with one attached hydrogen (secondary N) is 1. The highest BCUT2D eigenvalue weighted by molar-refractivity contribution is 14.0. The first-order valence-electron chi connectivity index (χ1n) is 8.09. The van der Waals surface area contributed by atoms with Crippen LogP contribution in [-0.4, -0.2) is 31.8 Å². The predicted molar refractivity (Wildman–Crippen MR) is 109 cm³/mol. The Kier molecular flexibility index (Phi) is 9.97. The molecule has 0 radical (unpaired) electrons. The van der Waals surface area contributed by atoms with E-state index in [1.807, 2.05) is 6.92 Å². The standard InChI is InChI=1S/C18H27N3O2.HI/c1-14(2)11-20-18(19)21-12-15-3-5-16(6-4-15)13-23-17-7-9-22-10-8-17;/h3-6,17H,1,7-13H2,2H3,(H3,19,20,21);1H. The van der Waals surface area contributed by atoms with Gasteiger partial charge in [-0.05, 0) is 30.9 Å². The minimum Gasteiger partial charge on any atom is -0.381 e. The van der Waals surface area contributed by atoms with Crippen LogP contribution in [0.15, 0.2) is 41.4 Å². The Morgan fingerprint density at radius 3 is 2.54 bits per heavy atom. The SMILES string of the molecule is C=C(C)CNC(N)=NCc1ccc(COC2CCOCC2)cc1.I. The third-order valence-corrected chi connectivity index (χ3v) is 3.68. The number of nitrogens with zero attached hydrogens (tertiary/aromatic N) is 1. The lowest BCUT2D eigenvalue weighted by atomic mass is 10.1. The topological polar surface area (TPSA) is 68.9 Å². The highest BCUT2D eigenvalue weighted by atomic mass is 127. The minimum absolute atomic E-state index is 0. The van der Waals surface area contributed by atoms with Crippen molar-refractivity contribution >= 4 is 29.9 Å². The maximum absolute atomic E-state index is 5.92. The fourth-order valence-electron chi connectivity index (χ4n) is 2.27. The quantitative estimate of drug-likeness (QED) is 0.293. The normalized spacial score (nSPS) is 15.6. The zero-order valence-corrected chi connectivity index (χ0v) is 16.6. The van der Waals surface area contributed by atoms with E-state index in [0.717, 1.165) is 37.2 Å². The summed E-state index contributed by atoms with van der Waals surface area (Å²) in [6, 6.07) is 8.31. The summed E-state index contributed by atoms with van der Waals surface area (Å²) in [5.41, 5.74) is 9.13. The fraction of sp³-hybridized carbons (Fsp3) is 0.500. The number of nitrogens with two attached hydrogens (primary N) is 1. The van der Waals surface area contributed by atoms with Gasteiger partial charge < -0.3 is 20.5 Å². The molecule has 1 aliphatic rings. The van der Waals surface area contributed by atoms with Crippen molar-refractivity contribution in [3.05, 3.63) is 47.5 Å². The molecule has 1 aromatic carbocycles. The van der Waals surface area contributed by atoms with E-state index in [1.165, 1.54) is 5.56 Å². The van der Waals surface area contributed by atoms with Crippen LogP contribution in [0.25, 0.3) is 0 Å². The monoisotopic (exact) mass is 445 g/mol. The van der Waals surface area contributed by atoms with Gasteiger partial charge in [0.1, 0.15) is 0 Å². The lowest BCUT2D eigenvalue weighted by Crippen LogP contribution is -2.32. The van der Waals surface area contributed by atoms with Gasteiger partial charge in [-0.1, -0.05) is 36.4 Å². The molecule has 0 spiro atoms. The highest BCUT2D eigenvalue weighted by Gasteiger charge is 2.13. The van der Waals surface area contributed by atoms with Gasteiger partial charge >= 0.3 is 0 Å². The van der Waals surface area contributed by atoms with E-state index in [-0.39, 0.29) is 24.0 Å². The first kappa shape index (κ1) is 20.9. The van der Waals surface area contributed by atoms with Crippen molar-refractivity contribution in [2.45, 2.75) is 39.0 Å². The maximum atomic E-state index is 5.92. The van der Waals surface area contributed by atoms with Crippen LogP contribution >= 0.6 is 24.0 Å². The lowest BCUT2D eigenvalue weighted by molar-refractivity contribution is -0.0390. The smallest absolute Gasteiger partial charge is 0.189 e. The Bertz CT molecular complexity index is 526. The second-order valence-corrected chi connectivity index (χ2v) is 5.95. The van der Waals surface area contributed by atoms with Crippen LogP contribution in [0, 0.1) is 0 Å². The number of ether oxygens (including phenoxy) is 2. The third-order valence-electron chi connectivity index (χ3n) is 3.68. The van der Waals surface area contributed by atoms with E-state index in [0.29, 0.717) is 31.8 Å². The summed E-state index contributed by atoms with van der Waals surface area (Å²) in [7, 11) is 0. The number of aliphatic imine (C=N–C) groups is 1. The Hall–Kier alpha value is -1.12. The third kappa shape index (κ3) is 8.12. The predicted octanol–water partition coefficient (Wildman–Crippen LogP) is 2.98. The second kappa shape index (κ2) is 11.4. The van der Waals surface area contributed by atoms with Crippen LogP contribution in [0.1, 0.15) is 30.9 Å². The van der Waals surface area contributed by atoms with E-state index in [2.05, 4.69) is 41.2 Å². The molecular formula is C18H28IN3O2. The number of guanidine groups is 1. The van der Waals surface area contributed by atoms with Crippen LogP contribution in [0.4, 0.5) is 0 Å². The van der Waals surface area contributed by atoms with Crippen molar-refractivity contribution < 1.29 is 9.47 Å². The number of rotatable bonds is 7. The number of hydrogen-bond donors (Lipinski definition) is 2. The molecule has 1 fully saturated rings. The lowest BCUT2D eigenvalue weighted by Gasteiger charge is -2.22. The average Bonchev–Trinajstić information content (AvgIpc) is 2.58. The molecule has 0 aromatic heterocycles. The molecule has 1 aromatic rings. The van der Waals surface area contributed by atoms with Crippen molar-refractivity contribution in [3.63, 3.8) is 0 Å². The van der Waals surface area contributed by atoms with Crippen LogP contribution in [0.2, 0.25) is 0 Å². The molecule has 5 nitrogen and oxygen atoms in total. The van der Waals surface area contributed by atoms with E-state index in [4.69, 9.17) is 15.2 Å². The van der Waals surface area contributed by atoms with Crippen LogP contribution in [-0.2, 0) is 22.6 Å². The molecule has 1 saturated heterocycles. The summed E-state index contributed by atoms with van der Waals surface area (Å²) in [5.74, 6) is 0.444. The molecule has 0 atom stereocenters. The van der Waals surface area contributed by atoms with Gasteiger partial charge in [0.25, 0.3) is 0 Å². The van der Waals surface area contributed by atoms with E-state index in [9.17, 15) is 0 Å². The van der Waals surface area contributed by atoms with Crippen molar-refractivity contribution in [3.8, 4) is 0 Å². The second-order valence-electron chi connectivity index (χ2n) is 5.95. The minimum atomic E-state index is 0. The number of hydrogen-bond acceptors (Lipinski definition) is 3. The Balaban J connectivity index is 0.00000288. The summed E-state index contributed by atoms with van der Waals surface area (Å²) < 4.78 is 11.2. The van der Waals surface area contributed by atoms with E-state index >= 15 is 0 Å².